The van der Waals surface area contributed by atoms with E-state index in [9.17, 15) is 9.59 Å². The number of piperazine rings is 1. The van der Waals surface area contributed by atoms with Crippen LogP contribution in [0.1, 0.15) is 26.2 Å². The molecule has 2 heterocycles. The van der Waals surface area contributed by atoms with E-state index < -0.39 is 0 Å². The highest BCUT2D eigenvalue weighted by molar-refractivity contribution is 5.97. The van der Waals surface area contributed by atoms with Gasteiger partial charge in [0.1, 0.15) is 12.1 Å². The molecule has 0 radical (unpaired) electrons. The van der Waals surface area contributed by atoms with E-state index in [0.29, 0.717) is 37.6 Å². The second-order valence-corrected chi connectivity index (χ2v) is 6.36. The van der Waals surface area contributed by atoms with Crippen LogP contribution in [0.4, 0.5) is 0 Å². The number of carboxylic acid groups (broad SMARTS) is 1. The van der Waals surface area contributed by atoms with Gasteiger partial charge in [0, 0.05) is 13.1 Å². The van der Waals surface area contributed by atoms with Crippen molar-refractivity contribution in [2.45, 2.75) is 38.3 Å². The molecular formula is C19H26N2O6. The smallest absolute Gasteiger partial charge is 0.290 e. The lowest BCUT2D eigenvalue weighted by atomic mass is 10.1. The van der Waals surface area contributed by atoms with Gasteiger partial charge >= 0.3 is 0 Å². The summed E-state index contributed by atoms with van der Waals surface area (Å²) in [6.07, 6.45) is 2.37. The van der Waals surface area contributed by atoms with Crippen LogP contribution in [0.15, 0.2) is 24.3 Å². The molecule has 0 spiro atoms. The highest BCUT2D eigenvalue weighted by Gasteiger charge is 2.45. The van der Waals surface area contributed by atoms with Crippen LogP contribution >= 0.6 is 0 Å². The van der Waals surface area contributed by atoms with Gasteiger partial charge in [-0.2, -0.15) is 0 Å². The van der Waals surface area contributed by atoms with Crippen LogP contribution in [-0.2, 0) is 14.4 Å². The van der Waals surface area contributed by atoms with Gasteiger partial charge in [0.2, 0.25) is 11.8 Å². The summed E-state index contributed by atoms with van der Waals surface area (Å²) in [6, 6.07) is 6.86. The monoisotopic (exact) mass is 378 g/mol. The van der Waals surface area contributed by atoms with Crippen molar-refractivity contribution in [2.75, 3.05) is 26.8 Å². The fourth-order valence-corrected chi connectivity index (χ4v) is 3.50. The first kappa shape index (κ1) is 20.5. The highest BCUT2D eigenvalue weighted by atomic mass is 16.5. The summed E-state index contributed by atoms with van der Waals surface area (Å²) in [5, 5.41) is 6.89. The van der Waals surface area contributed by atoms with Crippen LogP contribution < -0.4 is 9.47 Å². The predicted molar refractivity (Wildman–Crippen MR) is 97.7 cm³/mol. The lowest BCUT2D eigenvalue weighted by Crippen LogP contribution is -2.61. The van der Waals surface area contributed by atoms with Crippen molar-refractivity contribution in [1.82, 2.24) is 9.80 Å². The molecule has 27 heavy (non-hydrogen) atoms. The van der Waals surface area contributed by atoms with Gasteiger partial charge in [0.05, 0.1) is 13.7 Å². The topological polar surface area (TPSA) is 96.4 Å². The Balaban J connectivity index is 0.000000817. The zero-order valence-electron chi connectivity index (χ0n) is 15.7. The maximum atomic E-state index is 12.6. The van der Waals surface area contributed by atoms with Gasteiger partial charge in [-0.25, -0.2) is 0 Å². The Bertz CT molecular complexity index is 665. The lowest BCUT2D eigenvalue weighted by molar-refractivity contribution is -0.158. The average molecular weight is 378 g/mol. The number of carbonyl (C=O) groups is 3. The van der Waals surface area contributed by atoms with Gasteiger partial charge in [0.15, 0.2) is 11.5 Å². The van der Waals surface area contributed by atoms with Gasteiger partial charge in [-0.3, -0.25) is 14.4 Å². The summed E-state index contributed by atoms with van der Waals surface area (Å²) < 4.78 is 11.0. The van der Waals surface area contributed by atoms with Crippen LogP contribution in [0.25, 0.3) is 0 Å². The zero-order valence-corrected chi connectivity index (χ0v) is 15.7. The van der Waals surface area contributed by atoms with E-state index in [1.165, 1.54) is 0 Å². The third kappa shape index (κ3) is 4.69. The Labute approximate surface area is 158 Å². The summed E-state index contributed by atoms with van der Waals surface area (Å²) >= 11 is 0. The molecule has 1 aromatic carbocycles. The van der Waals surface area contributed by atoms with Crippen molar-refractivity contribution < 1.29 is 29.0 Å². The first-order chi connectivity index (χ1) is 13.0. The largest absolute Gasteiger partial charge is 0.493 e. The number of methoxy groups -OCH3 is 1. The Kier molecular flexibility index (Phi) is 7.45. The maximum Gasteiger partial charge on any atom is 0.290 e. The van der Waals surface area contributed by atoms with Gasteiger partial charge in [-0.05, 0) is 38.3 Å². The second-order valence-electron chi connectivity index (χ2n) is 6.36. The van der Waals surface area contributed by atoms with Crippen LogP contribution in [0.5, 0.6) is 11.5 Å². The van der Waals surface area contributed by atoms with Crippen molar-refractivity contribution in [1.29, 1.82) is 0 Å². The molecule has 0 bridgehead atoms. The number of hydrogen-bond acceptors (Lipinski definition) is 5. The minimum absolute atomic E-state index is 0.0720. The number of carbonyl (C=O) groups excluding carboxylic acids is 2. The lowest BCUT2D eigenvalue weighted by Gasteiger charge is -2.40. The van der Waals surface area contributed by atoms with E-state index in [0.717, 1.165) is 12.8 Å². The third-order valence-electron chi connectivity index (χ3n) is 4.80. The van der Waals surface area contributed by atoms with E-state index >= 15 is 0 Å². The zero-order chi connectivity index (χ0) is 19.8. The molecule has 8 heteroatoms. The van der Waals surface area contributed by atoms with Crippen molar-refractivity contribution in [3.63, 3.8) is 0 Å². The number of ether oxygens (including phenoxy) is 2. The van der Waals surface area contributed by atoms with E-state index in [-0.39, 0.29) is 30.4 Å². The number of hydrogen-bond donors (Lipinski definition) is 1. The predicted octanol–water partition coefficient (Wildman–Crippen LogP) is 1.39. The molecule has 0 aromatic heterocycles. The molecule has 0 saturated carbocycles. The molecule has 1 N–H and O–H groups in total. The Morgan fingerprint density at radius 3 is 2.56 bits per heavy atom. The minimum Gasteiger partial charge on any atom is -0.493 e. The molecular weight excluding hydrogens is 352 g/mol. The summed E-state index contributed by atoms with van der Waals surface area (Å²) in [4.78, 5) is 36.8. The molecule has 2 aliphatic rings. The Morgan fingerprint density at radius 1 is 1.22 bits per heavy atom. The summed E-state index contributed by atoms with van der Waals surface area (Å²) in [7, 11) is 1.61. The average Bonchev–Trinajstić information content (AvgIpc) is 3.17. The quantitative estimate of drug-likeness (QED) is 0.594. The van der Waals surface area contributed by atoms with E-state index in [2.05, 4.69) is 0 Å². The number of rotatable bonds is 6. The third-order valence-corrected chi connectivity index (χ3v) is 4.80. The van der Waals surface area contributed by atoms with Crippen molar-refractivity contribution in [2.24, 2.45) is 0 Å². The molecule has 2 amide bonds. The molecule has 1 aromatic rings. The fourth-order valence-electron chi connectivity index (χ4n) is 3.50. The van der Waals surface area contributed by atoms with Gasteiger partial charge in [-0.1, -0.05) is 12.1 Å². The van der Waals surface area contributed by atoms with Gasteiger partial charge in [-0.15, -0.1) is 0 Å². The highest BCUT2D eigenvalue weighted by Crippen LogP contribution is 2.28. The Hall–Kier alpha value is -2.77. The SMILES string of the molecule is COc1ccccc1OCCCN1C(=O)[C@@H]2CCCN2C(=O)[C@@H]1C.O=CO. The minimum atomic E-state index is -0.377. The first-order valence-electron chi connectivity index (χ1n) is 8.99. The van der Waals surface area contributed by atoms with Crippen LogP contribution in [0, 0.1) is 0 Å². The number of nitrogens with zero attached hydrogens (tertiary/aromatic N) is 2. The number of fused-ring (bicyclic) bond motifs is 1. The van der Waals surface area contributed by atoms with E-state index in [1.807, 2.05) is 31.2 Å². The summed E-state index contributed by atoms with van der Waals surface area (Å²) in [5.74, 6) is 1.53. The summed E-state index contributed by atoms with van der Waals surface area (Å²) in [6.45, 7) is 3.28. The fraction of sp³-hybridized carbons (Fsp3) is 0.526. The van der Waals surface area contributed by atoms with E-state index in [4.69, 9.17) is 19.4 Å². The summed E-state index contributed by atoms with van der Waals surface area (Å²) in [5.41, 5.74) is 0. The molecule has 0 aliphatic carbocycles. The first-order valence-corrected chi connectivity index (χ1v) is 8.99. The van der Waals surface area contributed by atoms with Crippen LogP contribution in [0.3, 0.4) is 0 Å². The molecule has 3 rings (SSSR count). The molecule has 2 fully saturated rings. The maximum absolute atomic E-state index is 12.6. The second kappa shape index (κ2) is 9.80. The van der Waals surface area contributed by atoms with Crippen LogP contribution in [0.2, 0.25) is 0 Å². The Morgan fingerprint density at radius 2 is 1.89 bits per heavy atom. The molecule has 2 aliphatic heterocycles. The molecule has 8 nitrogen and oxygen atoms in total. The van der Waals surface area contributed by atoms with Crippen molar-refractivity contribution in [3.05, 3.63) is 24.3 Å². The van der Waals surface area contributed by atoms with Gasteiger partial charge < -0.3 is 24.4 Å². The van der Waals surface area contributed by atoms with Crippen molar-refractivity contribution in [3.8, 4) is 11.5 Å². The van der Waals surface area contributed by atoms with E-state index in [1.54, 1.807) is 16.9 Å². The molecule has 148 valence electrons. The molecule has 2 saturated heterocycles. The molecule has 0 unspecified atom stereocenters. The standard InChI is InChI=1S/C18H24N2O4.CH2O2/c1-13-17(21)20-10-5-7-14(20)18(22)19(13)11-6-12-24-16-9-4-3-8-15(16)23-2;2-1-3/h3-4,8-9,13-14H,5-7,10-12H2,1-2H3;1H,(H,2,3)/t13-,14-;/m0./s1. The normalized spacial score (nSPS) is 21.3. The number of benzene rings is 1. The van der Waals surface area contributed by atoms with Crippen LogP contribution in [-0.4, -0.2) is 72.1 Å². The van der Waals surface area contributed by atoms with Crippen molar-refractivity contribution >= 4 is 18.3 Å². The molecule has 2 atom stereocenters. The number of amides is 2. The number of para-hydroxylation sites is 2. The van der Waals surface area contributed by atoms with Gasteiger partial charge in [0.25, 0.3) is 6.47 Å².